The normalized spacial score (nSPS) is 13.2. The van der Waals surface area contributed by atoms with Crippen molar-refractivity contribution in [2.45, 2.75) is 39.3 Å². The summed E-state index contributed by atoms with van der Waals surface area (Å²) in [6, 6.07) is 16.9. The number of nitrogens with two attached hydrogens (primary N) is 1. The number of amides is 1. The highest BCUT2D eigenvalue weighted by Gasteiger charge is 2.28. The maximum Gasteiger partial charge on any atom is 0.330 e. The number of fused-ring (bicyclic) bond motifs is 2. The van der Waals surface area contributed by atoms with Gasteiger partial charge in [0.25, 0.3) is 0 Å². The maximum atomic E-state index is 14.2. The summed E-state index contributed by atoms with van der Waals surface area (Å²) >= 11 is 0. The average Bonchev–Trinajstić information content (AvgIpc) is 3.40. The van der Waals surface area contributed by atoms with Crippen LogP contribution < -0.4 is 11.4 Å². The number of nitrogens with zero attached hydrogens (tertiary/aromatic N) is 2. The predicted molar refractivity (Wildman–Crippen MR) is 143 cm³/mol. The fourth-order valence-corrected chi connectivity index (χ4v) is 5.43. The number of hydrogen-bond donors (Lipinski definition) is 3. The molecule has 1 amide bonds. The van der Waals surface area contributed by atoms with Gasteiger partial charge < -0.3 is 15.8 Å². The lowest BCUT2D eigenvalue weighted by Crippen LogP contribution is -2.31. The number of aromatic nitrogens is 3. The molecule has 1 unspecified atom stereocenters. The van der Waals surface area contributed by atoms with E-state index in [-0.39, 0.29) is 23.7 Å². The van der Waals surface area contributed by atoms with E-state index in [1.165, 1.54) is 4.57 Å². The summed E-state index contributed by atoms with van der Waals surface area (Å²) in [4.78, 5) is 41.5. The Morgan fingerprint density at radius 1 is 1.00 bits per heavy atom. The van der Waals surface area contributed by atoms with Crippen molar-refractivity contribution in [3.63, 3.8) is 0 Å². The van der Waals surface area contributed by atoms with Crippen molar-refractivity contribution in [2.24, 2.45) is 5.73 Å². The zero-order valence-corrected chi connectivity index (χ0v) is 20.9. The summed E-state index contributed by atoms with van der Waals surface area (Å²) < 4.78 is 3.15. The minimum absolute atomic E-state index is 0.242. The number of imidazole rings is 1. The van der Waals surface area contributed by atoms with Gasteiger partial charge in [0.2, 0.25) is 5.91 Å². The second kappa shape index (κ2) is 9.13. The molecule has 0 aliphatic rings. The Kier molecular flexibility index (Phi) is 5.95. The molecule has 4 N–H and O–H groups in total. The average molecular weight is 497 g/mol. The lowest BCUT2D eigenvalue weighted by atomic mass is 10.0. The molecule has 2 aromatic heterocycles. The number of aryl methyl sites for hydroxylation is 2. The molecule has 5 rings (SSSR count). The molecule has 3 aromatic carbocycles. The molecule has 37 heavy (non-hydrogen) atoms. The quantitative estimate of drug-likeness (QED) is 0.303. The van der Waals surface area contributed by atoms with Crippen molar-refractivity contribution < 1.29 is 14.7 Å². The second-order valence-corrected chi connectivity index (χ2v) is 9.54. The van der Waals surface area contributed by atoms with Crippen LogP contribution in [0.2, 0.25) is 0 Å². The van der Waals surface area contributed by atoms with E-state index in [0.717, 1.165) is 27.6 Å². The molecule has 5 aromatic rings. The molecule has 0 radical (unpaired) electrons. The molecule has 0 bridgehead atoms. The van der Waals surface area contributed by atoms with E-state index in [2.05, 4.69) is 17.1 Å². The van der Waals surface area contributed by atoms with Crippen LogP contribution in [0.1, 0.15) is 58.0 Å². The molecule has 0 aliphatic carbocycles. The number of benzene rings is 3. The van der Waals surface area contributed by atoms with Crippen LogP contribution in [0.5, 0.6) is 0 Å². The largest absolute Gasteiger partial charge is 0.481 e. The van der Waals surface area contributed by atoms with Gasteiger partial charge >= 0.3 is 11.7 Å². The lowest BCUT2D eigenvalue weighted by Gasteiger charge is -2.18. The third-order valence-corrected chi connectivity index (χ3v) is 7.04. The number of primary amides is 1. The van der Waals surface area contributed by atoms with Crippen LogP contribution in [0.15, 0.2) is 71.7 Å². The van der Waals surface area contributed by atoms with Crippen LogP contribution in [0, 0.1) is 13.8 Å². The van der Waals surface area contributed by atoms with Gasteiger partial charge in [-0.1, -0.05) is 36.4 Å². The first kappa shape index (κ1) is 24.1. The molecule has 8 heteroatoms. The Balaban J connectivity index is 1.81. The number of carbonyl (C=O) groups is 2. The highest BCUT2D eigenvalue weighted by atomic mass is 16.4. The van der Waals surface area contributed by atoms with Crippen LogP contribution in [-0.4, -0.2) is 31.1 Å². The number of nitrogens with one attached hydrogen (secondary N) is 1. The standard InChI is InChI=1S/C29H28N4O4/c1-16-11-17(2)27-21(15-31-22(27)12-16)18(3)32-23-10-9-20(28(30)36)13-25(23)33(29(32)37)24(14-26(34)35)19-7-5-4-6-8-19/h4-13,15,18,24,31H,14H2,1-3H3,(H2,30,36)(H,34,35)/t18?,24-/m1/s1. The molecule has 8 nitrogen and oxygen atoms in total. The number of aromatic amines is 1. The van der Waals surface area contributed by atoms with Gasteiger partial charge in [0.05, 0.1) is 29.5 Å². The first-order valence-electron chi connectivity index (χ1n) is 12.1. The smallest absolute Gasteiger partial charge is 0.330 e. The lowest BCUT2D eigenvalue weighted by molar-refractivity contribution is -0.137. The molecule has 188 valence electrons. The van der Waals surface area contributed by atoms with E-state index in [1.54, 1.807) is 34.9 Å². The van der Waals surface area contributed by atoms with Crippen molar-refractivity contribution in [1.82, 2.24) is 14.1 Å². The number of carboxylic acid groups (broad SMARTS) is 1. The van der Waals surface area contributed by atoms with Gasteiger partial charge in [-0.05, 0) is 61.7 Å². The Morgan fingerprint density at radius 3 is 2.41 bits per heavy atom. The molecule has 2 heterocycles. The van der Waals surface area contributed by atoms with Crippen molar-refractivity contribution in [3.05, 3.63) is 105 Å². The highest BCUT2D eigenvalue weighted by molar-refractivity contribution is 5.96. The van der Waals surface area contributed by atoms with E-state index < -0.39 is 17.9 Å². The first-order valence-corrected chi connectivity index (χ1v) is 12.1. The van der Waals surface area contributed by atoms with Gasteiger partial charge in [0, 0.05) is 28.2 Å². The fraction of sp³-hybridized carbons (Fsp3) is 0.207. The summed E-state index contributed by atoms with van der Waals surface area (Å²) in [7, 11) is 0. The van der Waals surface area contributed by atoms with Gasteiger partial charge in [0.1, 0.15) is 0 Å². The van der Waals surface area contributed by atoms with Gasteiger partial charge in [-0.15, -0.1) is 0 Å². The van der Waals surface area contributed by atoms with Gasteiger partial charge in [-0.3, -0.25) is 18.7 Å². The second-order valence-electron chi connectivity index (χ2n) is 9.54. The molecule has 0 aliphatic heterocycles. The molecule has 2 atom stereocenters. The van der Waals surface area contributed by atoms with Crippen LogP contribution in [0.4, 0.5) is 0 Å². The van der Waals surface area contributed by atoms with Crippen molar-refractivity contribution in [3.8, 4) is 0 Å². The Morgan fingerprint density at radius 2 is 1.73 bits per heavy atom. The van der Waals surface area contributed by atoms with Crippen molar-refractivity contribution >= 4 is 33.8 Å². The minimum atomic E-state index is -1.04. The summed E-state index contributed by atoms with van der Waals surface area (Å²) in [5, 5.41) is 10.8. The van der Waals surface area contributed by atoms with E-state index in [0.29, 0.717) is 16.6 Å². The number of hydrogen-bond acceptors (Lipinski definition) is 3. The van der Waals surface area contributed by atoms with Gasteiger partial charge in [-0.25, -0.2) is 4.79 Å². The number of carboxylic acids is 1. The Hall–Kier alpha value is -4.59. The summed E-state index contributed by atoms with van der Waals surface area (Å²) in [5.41, 5.74) is 11.3. The molecule has 0 spiro atoms. The predicted octanol–water partition coefficient (Wildman–Crippen LogP) is 4.67. The van der Waals surface area contributed by atoms with Crippen LogP contribution >= 0.6 is 0 Å². The third-order valence-electron chi connectivity index (χ3n) is 7.04. The van der Waals surface area contributed by atoms with Crippen LogP contribution in [0.25, 0.3) is 21.9 Å². The Labute approximate surface area is 213 Å². The fourth-order valence-electron chi connectivity index (χ4n) is 5.43. The first-order chi connectivity index (χ1) is 17.7. The number of rotatable bonds is 7. The van der Waals surface area contributed by atoms with Crippen LogP contribution in [-0.2, 0) is 4.79 Å². The topological polar surface area (TPSA) is 123 Å². The van der Waals surface area contributed by atoms with Gasteiger partial charge in [0.15, 0.2) is 0 Å². The molecule has 0 saturated heterocycles. The number of H-pyrrole nitrogens is 1. The zero-order chi connectivity index (χ0) is 26.4. The van der Waals surface area contributed by atoms with E-state index in [1.807, 2.05) is 45.2 Å². The SMILES string of the molecule is Cc1cc(C)c2c(C(C)n3c(=O)n([C@H](CC(=O)O)c4ccccc4)c4cc(C(N)=O)ccc43)c[nH]c2c1. The third kappa shape index (κ3) is 4.10. The number of aliphatic carboxylic acids is 1. The molecule has 0 fully saturated rings. The molecular weight excluding hydrogens is 468 g/mol. The summed E-state index contributed by atoms with van der Waals surface area (Å²) in [5.74, 6) is -1.66. The molecular formula is C29H28N4O4. The Bertz CT molecular complexity index is 1730. The van der Waals surface area contributed by atoms with Crippen LogP contribution in [0.3, 0.4) is 0 Å². The molecule has 0 saturated carbocycles. The summed E-state index contributed by atoms with van der Waals surface area (Å²) in [6.07, 6.45) is 1.62. The highest BCUT2D eigenvalue weighted by Crippen LogP contribution is 2.33. The van der Waals surface area contributed by atoms with Gasteiger partial charge in [-0.2, -0.15) is 0 Å². The van der Waals surface area contributed by atoms with E-state index in [4.69, 9.17) is 5.73 Å². The monoisotopic (exact) mass is 496 g/mol. The number of carbonyl (C=O) groups excluding carboxylic acids is 1. The maximum absolute atomic E-state index is 14.2. The van der Waals surface area contributed by atoms with Crippen molar-refractivity contribution in [2.75, 3.05) is 0 Å². The van der Waals surface area contributed by atoms with E-state index in [9.17, 15) is 19.5 Å². The minimum Gasteiger partial charge on any atom is -0.481 e. The summed E-state index contributed by atoms with van der Waals surface area (Å²) in [6.45, 7) is 6.03. The van der Waals surface area contributed by atoms with E-state index >= 15 is 0 Å². The zero-order valence-electron chi connectivity index (χ0n) is 20.9. The van der Waals surface area contributed by atoms with Crippen molar-refractivity contribution in [1.29, 1.82) is 0 Å².